The molecule has 7 heteroatoms. The van der Waals surface area contributed by atoms with Gasteiger partial charge in [0.05, 0.1) is 11.4 Å². The van der Waals surface area contributed by atoms with Gasteiger partial charge in [0.2, 0.25) is 11.8 Å². The molecule has 160 valence electrons. The van der Waals surface area contributed by atoms with Crippen molar-refractivity contribution in [3.63, 3.8) is 0 Å². The van der Waals surface area contributed by atoms with E-state index in [9.17, 15) is 14.0 Å². The fourth-order valence-electron chi connectivity index (χ4n) is 3.74. The van der Waals surface area contributed by atoms with E-state index in [-0.39, 0.29) is 23.5 Å². The minimum atomic E-state index is -0.538. The van der Waals surface area contributed by atoms with Crippen LogP contribution >= 0.6 is 0 Å². The second kappa shape index (κ2) is 9.24. The molecule has 0 aliphatic carbocycles. The van der Waals surface area contributed by atoms with Gasteiger partial charge in [-0.3, -0.25) is 9.59 Å². The summed E-state index contributed by atoms with van der Waals surface area (Å²) in [5.41, 5.74) is 3.17. The molecule has 1 fully saturated rings. The molecule has 30 heavy (non-hydrogen) atoms. The minimum Gasteiger partial charge on any atom is -0.341 e. The number of amides is 2. The molecule has 0 unspecified atom stereocenters. The molecule has 3 rings (SSSR count). The zero-order valence-corrected chi connectivity index (χ0v) is 18.0. The molecule has 0 radical (unpaired) electrons. The maximum atomic E-state index is 13.2. The van der Waals surface area contributed by atoms with Crippen LogP contribution in [0.2, 0.25) is 0 Å². The van der Waals surface area contributed by atoms with E-state index in [1.54, 1.807) is 22.9 Å². The molecule has 2 amide bonds. The van der Waals surface area contributed by atoms with E-state index in [0.717, 1.165) is 48.6 Å². The van der Waals surface area contributed by atoms with E-state index < -0.39 is 6.04 Å². The second-order valence-electron chi connectivity index (χ2n) is 8.07. The molecule has 6 nitrogen and oxygen atoms in total. The number of halogens is 1. The highest BCUT2D eigenvalue weighted by Crippen LogP contribution is 2.20. The van der Waals surface area contributed by atoms with Crippen LogP contribution in [0.3, 0.4) is 0 Å². The third-order valence-corrected chi connectivity index (χ3v) is 5.47. The number of rotatable bonds is 6. The molecule has 0 saturated carbocycles. The summed E-state index contributed by atoms with van der Waals surface area (Å²) in [6, 6.07) is 5.55. The Bertz CT molecular complexity index is 941. The number of carbonyl (C=O) groups excluding carboxylic acids is 2. The van der Waals surface area contributed by atoms with E-state index >= 15 is 0 Å². The number of nitrogens with zero attached hydrogens (tertiary/aromatic N) is 3. The number of hydrogen-bond acceptors (Lipinski definition) is 3. The van der Waals surface area contributed by atoms with Crippen molar-refractivity contribution in [1.29, 1.82) is 0 Å². The Hall–Kier alpha value is -2.96. The number of aryl methyl sites for hydroxylation is 1. The summed E-state index contributed by atoms with van der Waals surface area (Å²) in [6.45, 7) is 9.14. The lowest BCUT2D eigenvalue weighted by Crippen LogP contribution is -2.50. The topological polar surface area (TPSA) is 67.2 Å². The van der Waals surface area contributed by atoms with Crippen LogP contribution < -0.4 is 5.32 Å². The summed E-state index contributed by atoms with van der Waals surface area (Å²) in [5, 5.41) is 7.37. The van der Waals surface area contributed by atoms with Gasteiger partial charge in [-0.05, 0) is 62.9 Å². The Kier molecular flexibility index (Phi) is 6.70. The van der Waals surface area contributed by atoms with Crippen LogP contribution in [0, 0.1) is 25.6 Å². The molecule has 1 aromatic carbocycles. The van der Waals surface area contributed by atoms with Crippen molar-refractivity contribution in [2.75, 3.05) is 13.1 Å². The lowest BCUT2D eigenvalue weighted by Gasteiger charge is -2.26. The molecule has 1 saturated heterocycles. The molecule has 1 aliphatic rings. The summed E-state index contributed by atoms with van der Waals surface area (Å²) in [4.78, 5) is 27.1. The lowest BCUT2D eigenvalue weighted by molar-refractivity contribution is -0.135. The van der Waals surface area contributed by atoms with Crippen LogP contribution in [0.15, 0.2) is 30.3 Å². The first-order chi connectivity index (χ1) is 14.3. The summed E-state index contributed by atoms with van der Waals surface area (Å²) in [6.07, 6.45) is 5.19. The van der Waals surface area contributed by atoms with Crippen LogP contribution in [0.4, 0.5) is 4.39 Å². The van der Waals surface area contributed by atoms with Crippen molar-refractivity contribution in [3.05, 3.63) is 53.1 Å². The summed E-state index contributed by atoms with van der Waals surface area (Å²) < 4.78 is 14.9. The molecule has 1 aromatic heterocycles. The molecule has 2 aromatic rings. The van der Waals surface area contributed by atoms with E-state index in [1.807, 2.05) is 32.6 Å². The van der Waals surface area contributed by atoms with E-state index in [4.69, 9.17) is 0 Å². The van der Waals surface area contributed by atoms with Crippen LogP contribution in [-0.4, -0.2) is 45.6 Å². The van der Waals surface area contributed by atoms with E-state index in [0.29, 0.717) is 0 Å². The van der Waals surface area contributed by atoms with Crippen molar-refractivity contribution >= 4 is 17.9 Å². The van der Waals surface area contributed by atoms with Gasteiger partial charge >= 0.3 is 0 Å². The number of nitrogens with one attached hydrogen (secondary N) is 1. The van der Waals surface area contributed by atoms with Gasteiger partial charge < -0.3 is 10.2 Å². The van der Waals surface area contributed by atoms with Gasteiger partial charge in [-0.25, -0.2) is 9.07 Å². The van der Waals surface area contributed by atoms with Gasteiger partial charge in [-0.2, -0.15) is 5.10 Å². The first kappa shape index (κ1) is 21.7. The molecule has 1 aliphatic heterocycles. The second-order valence-corrected chi connectivity index (χ2v) is 8.07. The Morgan fingerprint density at radius 3 is 2.37 bits per heavy atom. The third kappa shape index (κ3) is 4.78. The van der Waals surface area contributed by atoms with Gasteiger partial charge in [0.1, 0.15) is 11.9 Å². The highest BCUT2D eigenvalue weighted by molar-refractivity contribution is 5.95. The van der Waals surface area contributed by atoms with Crippen molar-refractivity contribution in [3.8, 4) is 5.69 Å². The highest BCUT2D eigenvalue weighted by Gasteiger charge is 2.29. The summed E-state index contributed by atoms with van der Waals surface area (Å²) in [7, 11) is 0. The predicted octanol–water partition coefficient (Wildman–Crippen LogP) is 3.40. The van der Waals surface area contributed by atoms with Crippen LogP contribution in [0.1, 0.15) is 43.6 Å². The number of carbonyl (C=O) groups is 2. The van der Waals surface area contributed by atoms with Gasteiger partial charge in [0.25, 0.3) is 0 Å². The number of likely N-dealkylation sites (tertiary alicyclic amines) is 1. The van der Waals surface area contributed by atoms with Crippen LogP contribution in [-0.2, 0) is 9.59 Å². The first-order valence-electron chi connectivity index (χ1n) is 10.4. The smallest absolute Gasteiger partial charge is 0.245 e. The van der Waals surface area contributed by atoms with Crippen molar-refractivity contribution in [1.82, 2.24) is 20.0 Å². The van der Waals surface area contributed by atoms with Crippen LogP contribution in [0.5, 0.6) is 0 Å². The molecule has 0 spiro atoms. The third-order valence-electron chi connectivity index (χ3n) is 5.47. The fraction of sp³-hybridized carbons (Fsp3) is 0.435. The normalized spacial score (nSPS) is 15.2. The van der Waals surface area contributed by atoms with Gasteiger partial charge in [-0.15, -0.1) is 0 Å². The Morgan fingerprint density at radius 1 is 1.13 bits per heavy atom. The molecule has 0 bridgehead atoms. The Morgan fingerprint density at radius 2 is 1.77 bits per heavy atom. The molecule has 1 N–H and O–H groups in total. The Labute approximate surface area is 176 Å². The van der Waals surface area contributed by atoms with Gasteiger partial charge in [0, 0.05) is 30.4 Å². The molecular formula is C23H29FN4O2. The quantitative estimate of drug-likeness (QED) is 0.740. The van der Waals surface area contributed by atoms with Crippen molar-refractivity contribution in [2.24, 2.45) is 5.92 Å². The monoisotopic (exact) mass is 412 g/mol. The average molecular weight is 413 g/mol. The number of benzene rings is 1. The fourth-order valence-corrected chi connectivity index (χ4v) is 3.74. The maximum absolute atomic E-state index is 13.2. The lowest BCUT2D eigenvalue weighted by atomic mass is 10.0. The molecule has 2 heterocycles. The standard InChI is InChI=1S/C23H29FN4O2/c1-15(2)22(23(30)27-13-5-6-14-27)25-21(29)12-11-20-16(3)26-28(17(20)4)19-9-7-18(24)8-10-19/h7-12,15,22H,5-6,13-14H2,1-4H3,(H,25,29)/t22-/m0/s1. The Balaban J connectivity index is 1.73. The van der Waals surface area contributed by atoms with Crippen molar-refractivity contribution in [2.45, 2.75) is 46.6 Å². The first-order valence-corrected chi connectivity index (χ1v) is 10.4. The number of hydrogen-bond donors (Lipinski definition) is 1. The van der Waals surface area contributed by atoms with E-state index in [2.05, 4.69) is 10.4 Å². The largest absolute Gasteiger partial charge is 0.341 e. The van der Waals surface area contributed by atoms with Crippen molar-refractivity contribution < 1.29 is 14.0 Å². The SMILES string of the molecule is Cc1nn(-c2ccc(F)cc2)c(C)c1C=CC(=O)N[C@H](C(=O)N1CCCC1)C(C)C. The zero-order chi connectivity index (χ0) is 21.8. The van der Waals surface area contributed by atoms with Gasteiger partial charge in [-0.1, -0.05) is 13.8 Å². The van der Waals surface area contributed by atoms with Gasteiger partial charge in [0.15, 0.2) is 0 Å². The minimum absolute atomic E-state index is 0.000137. The summed E-state index contributed by atoms with van der Waals surface area (Å²) >= 11 is 0. The molecule has 1 atom stereocenters. The van der Waals surface area contributed by atoms with Crippen LogP contribution in [0.25, 0.3) is 11.8 Å². The summed E-state index contributed by atoms with van der Waals surface area (Å²) in [5.74, 6) is -0.629. The average Bonchev–Trinajstić information content (AvgIpc) is 3.33. The maximum Gasteiger partial charge on any atom is 0.245 e. The number of aromatic nitrogens is 2. The molecular weight excluding hydrogens is 383 g/mol. The van der Waals surface area contributed by atoms with E-state index in [1.165, 1.54) is 18.2 Å². The zero-order valence-electron chi connectivity index (χ0n) is 18.0. The predicted molar refractivity (Wildman–Crippen MR) is 115 cm³/mol. The highest BCUT2D eigenvalue weighted by atomic mass is 19.1.